The Labute approximate surface area is 159 Å². The molecule has 1 fully saturated rings. The van der Waals surface area contributed by atoms with Gasteiger partial charge in [-0.3, -0.25) is 10.1 Å². The van der Waals surface area contributed by atoms with Crippen LogP contribution in [0.15, 0.2) is 36.8 Å². The fraction of sp³-hybridized carbons (Fsp3) is 0.278. The first kappa shape index (κ1) is 16.1. The standard InChI is InChI=1S/C18H18N8S/c1-2-4-11(3-1)17-25-26-18(27-17)24-16-6-5-14-15(23-16)7-12(8-19-14)22-13-9-20-21-10-13/h5-11,22H,1-4H2,(H,20,21)(H,23,24,26). The zero-order chi connectivity index (χ0) is 18.1. The molecule has 1 aliphatic rings. The number of anilines is 4. The van der Waals surface area contributed by atoms with Gasteiger partial charge in [0.2, 0.25) is 5.13 Å². The molecule has 0 radical (unpaired) electrons. The third-order valence-corrected chi connectivity index (χ3v) is 5.71. The number of nitrogens with one attached hydrogen (secondary N) is 3. The van der Waals surface area contributed by atoms with Crippen molar-refractivity contribution < 1.29 is 0 Å². The minimum absolute atomic E-state index is 0.573. The van der Waals surface area contributed by atoms with Gasteiger partial charge in [0.15, 0.2) is 0 Å². The number of H-pyrrole nitrogens is 1. The molecule has 4 aromatic heterocycles. The zero-order valence-electron chi connectivity index (χ0n) is 14.5. The summed E-state index contributed by atoms with van der Waals surface area (Å²) < 4.78 is 0. The maximum absolute atomic E-state index is 4.67. The van der Waals surface area contributed by atoms with Crippen LogP contribution in [0.4, 0.5) is 22.3 Å². The summed E-state index contributed by atoms with van der Waals surface area (Å²) in [6.45, 7) is 0. The van der Waals surface area contributed by atoms with E-state index in [1.165, 1.54) is 25.7 Å². The molecular weight excluding hydrogens is 360 g/mol. The first-order valence-electron chi connectivity index (χ1n) is 8.96. The van der Waals surface area contributed by atoms with Gasteiger partial charge in [-0.15, -0.1) is 10.2 Å². The summed E-state index contributed by atoms with van der Waals surface area (Å²) in [6, 6.07) is 5.82. The summed E-state index contributed by atoms with van der Waals surface area (Å²) in [5.41, 5.74) is 3.36. The second-order valence-electron chi connectivity index (χ2n) is 6.62. The largest absolute Gasteiger partial charge is 0.352 e. The van der Waals surface area contributed by atoms with E-state index in [1.54, 1.807) is 29.9 Å². The van der Waals surface area contributed by atoms with Crippen molar-refractivity contribution in [3.63, 3.8) is 0 Å². The minimum Gasteiger partial charge on any atom is -0.352 e. The molecule has 0 spiro atoms. The molecule has 0 amide bonds. The van der Waals surface area contributed by atoms with E-state index >= 15 is 0 Å². The molecule has 0 unspecified atom stereocenters. The maximum Gasteiger partial charge on any atom is 0.211 e. The number of hydrogen-bond donors (Lipinski definition) is 3. The Hall–Kier alpha value is -3.07. The minimum atomic E-state index is 0.573. The van der Waals surface area contributed by atoms with Gasteiger partial charge in [0, 0.05) is 12.1 Å². The molecule has 3 N–H and O–H groups in total. The summed E-state index contributed by atoms with van der Waals surface area (Å²) in [6.07, 6.45) is 10.3. The molecule has 4 heterocycles. The van der Waals surface area contributed by atoms with E-state index in [9.17, 15) is 0 Å². The molecule has 0 bridgehead atoms. The highest BCUT2D eigenvalue weighted by Gasteiger charge is 2.21. The normalized spacial score (nSPS) is 14.7. The number of nitrogens with zero attached hydrogens (tertiary/aromatic N) is 5. The smallest absolute Gasteiger partial charge is 0.211 e. The second-order valence-corrected chi connectivity index (χ2v) is 7.63. The predicted octanol–water partition coefficient (Wildman–Crippen LogP) is 4.35. The highest BCUT2D eigenvalue weighted by molar-refractivity contribution is 7.15. The maximum atomic E-state index is 4.67. The van der Waals surface area contributed by atoms with E-state index in [0.717, 1.165) is 38.4 Å². The average Bonchev–Trinajstić information content (AvgIpc) is 3.44. The van der Waals surface area contributed by atoms with Crippen LogP contribution in [-0.4, -0.2) is 30.4 Å². The van der Waals surface area contributed by atoms with E-state index in [-0.39, 0.29) is 0 Å². The summed E-state index contributed by atoms with van der Waals surface area (Å²) in [5.74, 6) is 1.31. The van der Waals surface area contributed by atoms with Crippen LogP contribution in [0, 0.1) is 0 Å². The van der Waals surface area contributed by atoms with Crippen LogP contribution >= 0.6 is 11.3 Å². The second kappa shape index (κ2) is 6.92. The first-order valence-corrected chi connectivity index (χ1v) is 9.78. The van der Waals surface area contributed by atoms with E-state index < -0.39 is 0 Å². The molecule has 9 heteroatoms. The molecule has 0 aliphatic heterocycles. The van der Waals surface area contributed by atoms with Crippen LogP contribution in [0.3, 0.4) is 0 Å². The third kappa shape index (κ3) is 3.45. The Bertz CT molecular complexity index is 1050. The van der Waals surface area contributed by atoms with Crippen molar-refractivity contribution in [1.82, 2.24) is 30.4 Å². The summed E-state index contributed by atoms with van der Waals surface area (Å²) in [5, 5.41) is 23.8. The van der Waals surface area contributed by atoms with Gasteiger partial charge >= 0.3 is 0 Å². The topological polar surface area (TPSA) is 104 Å². The lowest BCUT2D eigenvalue weighted by Gasteiger charge is -2.06. The lowest BCUT2D eigenvalue weighted by molar-refractivity contribution is 0.705. The van der Waals surface area contributed by atoms with Crippen molar-refractivity contribution in [1.29, 1.82) is 0 Å². The highest BCUT2D eigenvalue weighted by atomic mass is 32.1. The van der Waals surface area contributed by atoms with Gasteiger partial charge in [-0.2, -0.15) is 5.10 Å². The van der Waals surface area contributed by atoms with Gasteiger partial charge in [0.05, 0.1) is 34.8 Å². The Kier molecular flexibility index (Phi) is 4.13. The first-order chi connectivity index (χ1) is 13.3. The molecule has 1 aliphatic carbocycles. The lowest BCUT2D eigenvalue weighted by atomic mass is 10.1. The van der Waals surface area contributed by atoms with Gasteiger partial charge in [-0.25, -0.2) is 4.98 Å². The van der Waals surface area contributed by atoms with Crippen LogP contribution in [0.5, 0.6) is 0 Å². The van der Waals surface area contributed by atoms with Crippen LogP contribution in [-0.2, 0) is 0 Å². The molecular formula is C18H18N8S. The molecule has 1 saturated carbocycles. The Balaban J connectivity index is 1.37. The van der Waals surface area contributed by atoms with Crippen LogP contribution < -0.4 is 10.6 Å². The Morgan fingerprint density at radius 2 is 1.93 bits per heavy atom. The molecule has 8 nitrogen and oxygen atoms in total. The molecule has 4 aromatic rings. The lowest BCUT2D eigenvalue weighted by Crippen LogP contribution is -1.95. The quantitative estimate of drug-likeness (QED) is 0.474. The highest BCUT2D eigenvalue weighted by Crippen LogP contribution is 2.36. The van der Waals surface area contributed by atoms with E-state index in [2.05, 4.69) is 41.0 Å². The van der Waals surface area contributed by atoms with E-state index in [4.69, 9.17) is 0 Å². The summed E-state index contributed by atoms with van der Waals surface area (Å²) in [7, 11) is 0. The Morgan fingerprint density at radius 3 is 2.78 bits per heavy atom. The number of fused-ring (bicyclic) bond motifs is 1. The van der Waals surface area contributed by atoms with Crippen LogP contribution in [0.25, 0.3) is 11.0 Å². The average molecular weight is 378 g/mol. The van der Waals surface area contributed by atoms with Gasteiger partial charge in [0.1, 0.15) is 10.8 Å². The number of aromatic amines is 1. The van der Waals surface area contributed by atoms with Crippen molar-refractivity contribution in [2.75, 3.05) is 10.6 Å². The molecule has 136 valence electrons. The molecule has 0 aromatic carbocycles. The van der Waals surface area contributed by atoms with Gasteiger partial charge < -0.3 is 10.6 Å². The monoisotopic (exact) mass is 378 g/mol. The van der Waals surface area contributed by atoms with Gasteiger partial charge in [0.25, 0.3) is 0 Å². The van der Waals surface area contributed by atoms with Gasteiger partial charge in [-0.05, 0) is 31.0 Å². The summed E-state index contributed by atoms with van der Waals surface area (Å²) >= 11 is 1.62. The van der Waals surface area contributed by atoms with Crippen LogP contribution in [0.2, 0.25) is 0 Å². The Morgan fingerprint density at radius 1 is 1.00 bits per heavy atom. The number of rotatable bonds is 5. The van der Waals surface area contributed by atoms with Crippen molar-refractivity contribution in [2.45, 2.75) is 31.6 Å². The number of hydrogen-bond acceptors (Lipinski definition) is 8. The fourth-order valence-electron chi connectivity index (χ4n) is 3.36. The van der Waals surface area contributed by atoms with Crippen molar-refractivity contribution in [2.24, 2.45) is 0 Å². The molecule has 5 rings (SSSR count). The molecule has 0 saturated heterocycles. The zero-order valence-corrected chi connectivity index (χ0v) is 15.3. The fourth-order valence-corrected chi connectivity index (χ4v) is 4.28. The molecule has 27 heavy (non-hydrogen) atoms. The predicted molar refractivity (Wildman–Crippen MR) is 106 cm³/mol. The van der Waals surface area contributed by atoms with Crippen molar-refractivity contribution in [3.05, 3.63) is 41.8 Å². The van der Waals surface area contributed by atoms with Crippen LogP contribution in [0.1, 0.15) is 36.6 Å². The van der Waals surface area contributed by atoms with Crippen molar-refractivity contribution in [3.8, 4) is 0 Å². The SMILES string of the molecule is c1n[nH]cc1Nc1cnc2ccc(Nc3nnc(C4CCCC4)s3)nc2c1. The van der Waals surface area contributed by atoms with E-state index in [0.29, 0.717) is 5.92 Å². The van der Waals surface area contributed by atoms with Crippen molar-refractivity contribution >= 4 is 44.7 Å². The summed E-state index contributed by atoms with van der Waals surface area (Å²) in [4.78, 5) is 9.13. The third-order valence-electron chi connectivity index (χ3n) is 4.70. The van der Waals surface area contributed by atoms with E-state index in [1.807, 2.05) is 18.2 Å². The van der Waals surface area contributed by atoms with Gasteiger partial charge in [-0.1, -0.05) is 24.2 Å². The number of aromatic nitrogens is 6. The molecule has 0 atom stereocenters. The number of pyridine rings is 2.